The van der Waals surface area contributed by atoms with Crippen LogP contribution in [-0.2, 0) is 36.7 Å². The number of aromatic amines is 1. The fraction of sp³-hybridized carbons (Fsp3) is 0.524. The molecule has 242 valence electrons. The van der Waals surface area contributed by atoms with Crippen molar-refractivity contribution < 1.29 is 45.5 Å². The van der Waals surface area contributed by atoms with E-state index in [4.69, 9.17) is 33.3 Å². The molecule has 45 heavy (non-hydrogen) atoms. The van der Waals surface area contributed by atoms with Crippen molar-refractivity contribution in [3.63, 3.8) is 0 Å². The van der Waals surface area contributed by atoms with E-state index in [1.165, 1.54) is 17.8 Å². The van der Waals surface area contributed by atoms with Gasteiger partial charge in [0.15, 0.2) is 47.4 Å². The molecule has 0 aromatic carbocycles. The number of hydrogen-bond acceptors (Lipinski definition) is 15. The van der Waals surface area contributed by atoms with Crippen LogP contribution in [0.4, 0.5) is 14.6 Å². The van der Waals surface area contributed by atoms with Gasteiger partial charge in [-0.15, -0.1) is 0 Å². The van der Waals surface area contributed by atoms with E-state index in [1.807, 2.05) is 0 Å². The molecule has 3 N–H and O–H groups in total. The number of fused-ring (bicyclic) bond motifs is 4. The van der Waals surface area contributed by atoms with E-state index in [0.717, 1.165) is 17.2 Å². The van der Waals surface area contributed by atoms with Crippen LogP contribution in [0.2, 0.25) is 0 Å². The molecule has 10 atom stereocenters. The zero-order valence-corrected chi connectivity index (χ0v) is 26.3. The summed E-state index contributed by atoms with van der Waals surface area (Å²) in [5.74, 6) is 0.275. The number of nitrogen functional groups attached to an aromatic ring is 1. The smallest absolute Gasteiger partial charge is 0.382 e. The molecule has 3 fully saturated rings. The van der Waals surface area contributed by atoms with Crippen LogP contribution < -0.4 is 11.3 Å². The number of nitrogens with two attached hydrogens (primary N) is 1. The predicted octanol–water partition coefficient (Wildman–Crippen LogP) is 2.21. The lowest BCUT2D eigenvalue weighted by atomic mass is 10.1. The first-order valence-electron chi connectivity index (χ1n) is 13.1. The van der Waals surface area contributed by atoms with Crippen molar-refractivity contribution in [2.45, 2.75) is 56.1 Å². The molecule has 0 bridgehead atoms. The van der Waals surface area contributed by atoms with Crippen molar-refractivity contribution in [2.24, 2.45) is 0 Å². The van der Waals surface area contributed by atoms with Gasteiger partial charge in [-0.25, -0.2) is 42.8 Å². The molecule has 18 nitrogen and oxygen atoms in total. The maximum Gasteiger partial charge on any atom is 0.386 e. The molecule has 0 amide bonds. The average Bonchev–Trinajstić information content (AvgIpc) is 3.72. The molecular weight excluding hydrogens is 686 g/mol. The molecule has 24 heteroatoms. The fourth-order valence-electron chi connectivity index (χ4n) is 5.34. The number of H-pyrrole nitrogens is 1. The number of hydrogen-bond donors (Lipinski definition) is 4. The molecule has 7 rings (SSSR count). The summed E-state index contributed by atoms with van der Waals surface area (Å²) in [4.78, 5) is 35.0. The van der Waals surface area contributed by atoms with Gasteiger partial charge < -0.3 is 20.2 Å². The third-order valence-electron chi connectivity index (χ3n) is 7.33. The second kappa shape index (κ2) is 11.3. The Kier molecular flexibility index (Phi) is 7.82. The number of halogens is 2. The van der Waals surface area contributed by atoms with E-state index in [0.29, 0.717) is 0 Å². The number of imidazole rings is 2. The molecule has 0 aliphatic carbocycles. The number of nitrogens with one attached hydrogen (secondary N) is 1. The van der Waals surface area contributed by atoms with E-state index in [1.54, 1.807) is 0 Å². The lowest BCUT2D eigenvalue weighted by Crippen LogP contribution is -2.36. The summed E-state index contributed by atoms with van der Waals surface area (Å²) in [7, 11) is 0. The topological polar surface area (TPSA) is 223 Å². The van der Waals surface area contributed by atoms with E-state index < -0.39 is 81.6 Å². The van der Waals surface area contributed by atoms with Crippen LogP contribution in [0, 0.1) is 6.92 Å². The zero-order chi connectivity index (χ0) is 31.8. The highest BCUT2D eigenvalue weighted by Crippen LogP contribution is 2.60. The Morgan fingerprint density at radius 1 is 0.889 bits per heavy atom. The number of aromatic nitrogens is 8. The zero-order valence-electron chi connectivity index (χ0n) is 22.7. The Morgan fingerprint density at radius 3 is 2.00 bits per heavy atom. The van der Waals surface area contributed by atoms with Gasteiger partial charge >= 0.3 is 13.6 Å². The van der Waals surface area contributed by atoms with Crippen molar-refractivity contribution in [1.29, 1.82) is 0 Å². The van der Waals surface area contributed by atoms with Gasteiger partial charge in [-0.1, -0.05) is 24.5 Å². The molecule has 0 saturated carbocycles. The molecule has 0 unspecified atom stereocenters. The first kappa shape index (κ1) is 31.1. The maximum atomic E-state index is 16.0. The number of rotatable bonds is 2. The summed E-state index contributed by atoms with van der Waals surface area (Å²) in [6.07, 6.45) is -9.65. The van der Waals surface area contributed by atoms with E-state index in [9.17, 15) is 13.9 Å². The second-order valence-electron chi connectivity index (χ2n) is 10.2. The number of ether oxygens (including phenoxy) is 2. The standard InChI is InChI=1S/C21H23F2N9O9P2S2/c1-7-29-18-13(19(33)30-7)28-6-32(18)21-11(23)15-9(39-21)3-37-42(34,44)40-14-8(2-36-43(35,45)41-15)38-20(10(14)22)31-5-27-12-16(24)25-4-26-17(12)31/h4-6,8-11,14-15,20-21H,2-3H2,1H3,(H,34,44)(H,35,45)(H2,24,25,26)(H,29,30,33)/t8-,9-,10-,11-,14-,15-,20-,21-,42-,43+/m1/s1. The van der Waals surface area contributed by atoms with Gasteiger partial charge in [0, 0.05) is 0 Å². The SMILES string of the molecule is Cc1nc2c(ncn2[C@@H]2O[C@@H]3CO[P@@](=O)(S)O[C@H]4[C@@H](F)[C@H](n5cnc6c(N)ncnc65)O[C@@H]4CO[P@](=O)(S)O[C@H]3[C@H]2F)c(=O)[nH]1. The predicted molar refractivity (Wildman–Crippen MR) is 155 cm³/mol. The quantitative estimate of drug-likeness (QED) is 0.173. The van der Waals surface area contributed by atoms with Crippen LogP contribution in [0.25, 0.3) is 22.3 Å². The average molecular weight is 710 g/mol. The summed E-state index contributed by atoms with van der Waals surface area (Å²) >= 11 is 7.97. The normalized spacial score (nSPS) is 37.7. The molecule has 3 aliphatic heterocycles. The summed E-state index contributed by atoms with van der Waals surface area (Å²) in [5, 5.41) is 0. The highest BCUT2D eigenvalue weighted by Gasteiger charge is 2.54. The van der Waals surface area contributed by atoms with Crippen molar-refractivity contribution >= 4 is 66.2 Å². The summed E-state index contributed by atoms with van der Waals surface area (Å²) < 4.78 is 94.5. The Balaban J connectivity index is 1.17. The molecule has 4 aromatic rings. The molecular formula is C21H23F2N9O9P2S2. The third-order valence-corrected chi connectivity index (χ3v) is 10.6. The van der Waals surface area contributed by atoms with Crippen LogP contribution in [0.15, 0.2) is 23.8 Å². The lowest BCUT2D eigenvalue weighted by Gasteiger charge is -2.28. The highest BCUT2D eigenvalue weighted by atomic mass is 32.7. The van der Waals surface area contributed by atoms with Crippen LogP contribution in [0.1, 0.15) is 18.3 Å². The Bertz CT molecular complexity index is 1950. The molecule has 0 radical (unpaired) electrons. The highest BCUT2D eigenvalue weighted by molar-refractivity contribution is 8.44. The van der Waals surface area contributed by atoms with Crippen LogP contribution in [-0.4, -0.2) is 89.0 Å². The number of thiol groups is 2. The van der Waals surface area contributed by atoms with E-state index in [-0.39, 0.29) is 34.0 Å². The summed E-state index contributed by atoms with van der Waals surface area (Å²) in [5.41, 5.74) is 5.51. The number of alkyl halides is 2. The minimum absolute atomic E-state index is 0.00368. The van der Waals surface area contributed by atoms with Gasteiger partial charge in [-0.05, 0) is 6.92 Å². The third kappa shape index (κ3) is 5.60. The van der Waals surface area contributed by atoms with Crippen LogP contribution >= 0.6 is 38.1 Å². The van der Waals surface area contributed by atoms with E-state index >= 15 is 8.78 Å². The monoisotopic (exact) mass is 709 g/mol. The molecule has 3 saturated heterocycles. The number of anilines is 1. The van der Waals surface area contributed by atoms with Crippen molar-refractivity contribution in [3.05, 3.63) is 35.2 Å². The molecule has 0 spiro atoms. The number of nitrogens with zero attached hydrogens (tertiary/aromatic N) is 7. The molecule has 3 aliphatic rings. The van der Waals surface area contributed by atoms with Crippen molar-refractivity contribution in [1.82, 2.24) is 39.0 Å². The lowest BCUT2D eigenvalue weighted by molar-refractivity contribution is -0.0544. The largest absolute Gasteiger partial charge is 0.386 e. The maximum absolute atomic E-state index is 16.0. The molecule has 4 aromatic heterocycles. The minimum Gasteiger partial charge on any atom is -0.382 e. The minimum atomic E-state index is -4.42. The van der Waals surface area contributed by atoms with Gasteiger partial charge in [0.2, 0.25) is 0 Å². The second-order valence-corrected chi connectivity index (χ2v) is 16.0. The van der Waals surface area contributed by atoms with Crippen molar-refractivity contribution in [3.8, 4) is 0 Å². The van der Waals surface area contributed by atoms with Crippen LogP contribution in [0.5, 0.6) is 0 Å². The summed E-state index contributed by atoms with van der Waals surface area (Å²) in [6, 6.07) is 0. The number of aryl methyl sites for hydroxylation is 1. The van der Waals surface area contributed by atoms with E-state index in [2.05, 4.69) is 54.4 Å². The van der Waals surface area contributed by atoms with Gasteiger partial charge in [0.25, 0.3) is 5.56 Å². The van der Waals surface area contributed by atoms with Gasteiger partial charge in [0.05, 0.1) is 25.9 Å². The van der Waals surface area contributed by atoms with Gasteiger partial charge in [-0.2, -0.15) is 0 Å². The first-order valence-corrected chi connectivity index (χ1v) is 18.5. The van der Waals surface area contributed by atoms with Crippen LogP contribution in [0.3, 0.4) is 0 Å². The van der Waals surface area contributed by atoms with Crippen molar-refractivity contribution in [2.75, 3.05) is 18.9 Å². The Labute approximate surface area is 260 Å². The fourth-order valence-corrected chi connectivity index (χ4v) is 8.30. The van der Waals surface area contributed by atoms with Gasteiger partial charge in [0.1, 0.15) is 42.1 Å². The summed E-state index contributed by atoms with van der Waals surface area (Å²) in [6.45, 7) is -8.66. The first-order chi connectivity index (χ1) is 21.3. The Morgan fingerprint density at radius 2 is 1.42 bits per heavy atom. The van der Waals surface area contributed by atoms with Gasteiger partial charge in [-0.3, -0.25) is 32.0 Å². The Hall–Kier alpha value is -2.52. The molecule has 7 heterocycles.